The van der Waals surface area contributed by atoms with E-state index in [1.165, 1.54) is 0 Å². The number of hydrogen-bond donors (Lipinski definition) is 0. The van der Waals surface area contributed by atoms with Crippen LogP contribution in [-0.2, 0) is 9.84 Å². The molecule has 2 aliphatic rings. The van der Waals surface area contributed by atoms with Gasteiger partial charge in [0.15, 0.2) is 9.84 Å². The van der Waals surface area contributed by atoms with E-state index in [1.54, 1.807) is 30.1 Å². The van der Waals surface area contributed by atoms with Crippen molar-refractivity contribution in [2.45, 2.75) is 18.4 Å². The molecule has 0 spiro atoms. The predicted molar refractivity (Wildman–Crippen MR) is 160 cm³/mol. The molecule has 3 aromatic rings. The molecule has 0 bridgehead atoms. The molecule has 2 aliphatic heterocycles. The zero-order chi connectivity index (χ0) is 28.4. The maximum atomic E-state index is 13.7. The minimum Gasteiger partial charge on any atom is -0.341 e. The van der Waals surface area contributed by atoms with Gasteiger partial charge in [-0.3, -0.25) is 9.69 Å². The van der Waals surface area contributed by atoms with Crippen LogP contribution in [0, 0.1) is 11.3 Å². The second-order valence-corrected chi connectivity index (χ2v) is 13.9. The number of nitriles is 1. The summed E-state index contributed by atoms with van der Waals surface area (Å²) in [5.41, 5.74) is 1.98. The van der Waals surface area contributed by atoms with E-state index in [4.69, 9.17) is 23.2 Å². The molecule has 2 fully saturated rings. The third-order valence-corrected chi connectivity index (χ3v) is 10.5. The van der Waals surface area contributed by atoms with Crippen molar-refractivity contribution in [3.8, 4) is 6.07 Å². The summed E-state index contributed by atoms with van der Waals surface area (Å²) in [6.07, 6.45) is 0.815. The third kappa shape index (κ3) is 6.45. The minimum absolute atomic E-state index is 0.0216. The topological polar surface area (TPSA) is 84.7 Å². The Morgan fingerprint density at radius 1 is 1.07 bits per heavy atom. The highest BCUT2D eigenvalue weighted by atomic mass is 35.5. The highest BCUT2D eigenvalue weighted by molar-refractivity contribution is 7.91. The van der Waals surface area contributed by atoms with E-state index >= 15 is 0 Å². The Kier molecular flexibility index (Phi) is 8.69. The Balaban J connectivity index is 1.28. The molecule has 0 aromatic heterocycles. The molecule has 2 heterocycles. The van der Waals surface area contributed by atoms with Crippen LogP contribution in [0.25, 0.3) is 10.8 Å². The quantitative estimate of drug-likeness (QED) is 0.374. The van der Waals surface area contributed by atoms with Gasteiger partial charge in [0.2, 0.25) is 0 Å². The first-order valence-corrected chi connectivity index (χ1v) is 16.0. The molecule has 1 atom stereocenters. The van der Waals surface area contributed by atoms with Crippen molar-refractivity contribution in [1.82, 2.24) is 14.7 Å². The van der Waals surface area contributed by atoms with Crippen LogP contribution in [0.4, 0.5) is 0 Å². The van der Waals surface area contributed by atoms with Crippen LogP contribution in [0.15, 0.2) is 54.6 Å². The molecule has 0 saturated carbocycles. The fourth-order valence-corrected chi connectivity index (χ4v) is 7.22. The maximum Gasteiger partial charge on any atom is 0.254 e. The molecule has 210 valence electrons. The molecule has 1 amide bonds. The van der Waals surface area contributed by atoms with Crippen molar-refractivity contribution in [2.24, 2.45) is 0 Å². The molecule has 2 saturated heterocycles. The number of hydrogen-bond acceptors (Lipinski definition) is 6. The molecule has 0 N–H and O–H groups in total. The molecule has 0 radical (unpaired) electrons. The van der Waals surface area contributed by atoms with Crippen LogP contribution in [0.3, 0.4) is 0 Å². The standard InChI is InChI=1S/C30H32Cl2N4O3S/c1-34(30(37)27-15-21(17-33)14-23-4-2-3-5-26(23)27)18-24(22-6-7-28(31)29(32)16-22)8-9-35-19-25(20-35)36-10-12-40(38,39)13-11-36/h2-7,14-16,24-25H,8-13,18-20H2,1H3. The monoisotopic (exact) mass is 598 g/mol. The molecule has 0 aliphatic carbocycles. The van der Waals surface area contributed by atoms with Crippen LogP contribution >= 0.6 is 23.2 Å². The normalized spacial score (nSPS) is 18.6. The van der Waals surface area contributed by atoms with Crippen molar-refractivity contribution < 1.29 is 13.2 Å². The average molecular weight is 600 g/mol. The number of nitrogens with zero attached hydrogens (tertiary/aromatic N) is 4. The molecule has 5 rings (SSSR count). The van der Waals surface area contributed by atoms with E-state index in [1.807, 2.05) is 36.4 Å². The zero-order valence-corrected chi connectivity index (χ0v) is 24.7. The summed E-state index contributed by atoms with van der Waals surface area (Å²) in [5.74, 6) is 0.377. The SMILES string of the molecule is CN(CC(CCN1CC(N2CCS(=O)(=O)CC2)C1)c1ccc(Cl)c(Cl)c1)C(=O)c1cc(C#N)cc2ccccc12. The van der Waals surface area contributed by atoms with E-state index in [-0.39, 0.29) is 23.3 Å². The van der Waals surface area contributed by atoms with Crippen molar-refractivity contribution in [1.29, 1.82) is 5.26 Å². The van der Waals surface area contributed by atoms with Gasteiger partial charge in [-0.1, -0.05) is 53.5 Å². The first kappa shape index (κ1) is 28.8. The number of carbonyl (C=O) groups excluding carboxylic acids is 1. The van der Waals surface area contributed by atoms with Gasteiger partial charge in [0.25, 0.3) is 5.91 Å². The zero-order valence-electron chi connectivity index (χ0n) is 22.4. The second kappa shape index (κ2) is 12.1. The van der Waals surface area contributed by atoms with Gasteiger partial charge >= 0.3 is 0 Å². The van der Waals surface area contributed by atoms with Crippen LogP contribution < -0.4 is 0 Å². The highest BCUT2D eigenvalue weighted by Crippen LogP contribution is 2.31. The van der Waals surface area contributed by atoms with Crippen LogP contribution in [-0.4, -0.2) is 92.9 Å². The lowest BCUT2D eigenvalue weighted by molar-refractivity contribution is 0.0363. The average Bonchev–Trinajstić information content (AvgIpc) is 2.92. The third-order valence-electron chi connectivity index (χ3n) is 8.10. The molecule has 3 aromatic carbocycles. The van der Waals surface area contributed by atoms with E-state index in [0.717, 1.165) is 42.4 Å². The number of likely N-dealkylation sites (tertiary alicyclic amines) is 1. The van der Waals surface area contributed by atoms with Gasteiger partial charge < -0.3 is 9.80 Å². The Hall–Kier alpha value is -2.67. The van der Waals surface area contributed by atoms with Crippen molar-refractivity contribution in [3.05, 3.63) is 81.3 Å². The number of fused-ring (bicyclic) bond motifs is 1. The van der Waals surface area contributed by atoms with E-state index in [0.29, 0.717) is 46.8 Å². The Morgan fingerprint density at radius 3 is 2.50 bits per heavy atom. The number of benzene rings is 3. The fourth-order valence-electron chi connectivity index (χ4n) is 5.69. The first-order valence-electron chi connectivity index (χ1n) is 13.4. The lowest BCUT2D eigenvalue weighted by Gasteiger charge is -2.47. The lowest BCUT2D eigenvalue weighted by atomic mass is 9.93. The summed E-state index contributed by atoms with van der Waals surface area (Å²) in [5, 5.41) is 12.2. The summed E-state index contributed by atoms with van der Waals surface area (Å²) in [7, 11) is -1.09. The summed E-state index contributed by atoms with van der Waals surface area (Å²) >= 11 is 12.6. The first-order chi connectivity index (χ1) is 19.1. The van der Waals surface area contributed by atoms with Gasteiger partial charge in [0.05, 0.1) is 33.2 Å². The van der Waals surface area contributed by atoms with E-state index in [2.05, 4.69) is 15.9 Å². The number of carbonyl (C=O) groups is 1. The number of halogens is 2. The number of amides is 1. The lowest BCUT2D eigenvalue weighted by Crippen LogP contribution is -2.62. The number of sulfone groups is 1. The summed E-state index contributed by atoms with van der Waals surface area (Å²) in [4.78, 5) is 20.1. The van der Waals surface area contributed by atoms with E-state index in [9.17, 15) is 18.5 Å². The van der Waals surface area contributed by atoms with Gasteiger partial charge in [-0.05, 0) is 53.6 Å². The van der Waals surface area contributed by atoms with Gasteiger partial charge in [0, 0.05) is 57.3 Å². The smallest absolute Gasteiger partial charge is 0.254 e. The summed E-state index contributed by atoms with van der Waals surface area (Å²) in [6.45, 7) is 4.37. The molecular weight excluding hydrogens is 567 g/mol. The summed E-state index contributed by atoms with van der Waals surface area (Å²) in [6, 6.07) is 19.3. The number of likely N-dealkylation sites (N-methyl/N-ethyl adjacent to an activating group) is 1. The molecule has 10 heteroatoms. The van der Waals surface area contributed by atoms with Crippen LogP contribution in [0.1, 0.15) is 33.8 Å². The fraction of sp³-hybridized carbons (Fsp3) is 0.400. The van der Waals surface area contributed by atoms with Gasteiger partial charge in [0.1, 0.15) is 0 Å². The molecule has 1 unspecified atom stereocenters. The van der Waals surface area contributed by atoms with Crippen molar-refractivity contribution in [3.63, 3.8) is 0 Å². The Morgan fingerprint density at radius 2 is 1.80 bits per heavy atom. The van der Waals surface area contributed by atoms with Gasteiger partial charge in [-0.25, -0.2) is 8.42 Å². The van der Waals surface area contributed by atoms with Gasteiger partial charge in [-0.15, -0.1) is 0 Å². The Labute approximate surface area is 245 Å². The second-order valence-electron chi connectivity index (χ2n) is 10.8. The summed E-state index contributed by atoms with van der Waals surface area (Å²) < 4.78 is 23.5. The van der Waals surface area contributed by atoms with Crippen LogP contribution in [0.2, 0.25) is 10.0 Å². The van der Waals surface area contributed by atoms with E-state index < -0.39 is 9.84 Å². The molecule has 7 nitrogen and oxygen atoms in total. The maximum absolute atomic E-state index is 13.7. The highest BCUT2D eigenvalue weighted by Gasteiger charge is 2.35. The van der Waals surface area contributed by atoms with Gasteiger partial charge in [-0.2, -0.15) is 5.26 Å². The predicted octanol–water partition coefficient (Wildman–Crippen LogP) is 4.68. The van der Waals surface area contributed by atoms with Crippen LogP contribution in [0.5, 0.6) is 0 Å². The minimum atomic E-state index is -2.88. The molecular formula is C30H32Cl2N4O3S. The largest absolute Gasteiger partial charge is 0.341 e. The Bertz CT molecular complexity index is 1550. The molecule has 40 heavy (non-hydrogen) atoms. The number of rotatable bonds is 8. The van der Waals surface area contributed by atoms with Crippen molar-refractivity contribution >= 4 is 49.7 Å². The van der Waals surface area contributed by atoms with Crippen molar-refractivity contribution in [2.75, 3.05) is 57.8 Å².